The molecule has 0 N–H and O–H groups in total. The molecule has 0 saturated heterocycles. The fraction of sp³-hybridized carbons (Fsp3) is 0.235. The average molecular weight is 531 g/mol. The van der Waals surface area contributed by atoms with Crippen LogP contribution in [0.3, 0.4) is 0 Å². The van der Waals surface area contributed by atoms with Crippen LogP contribution in [0.1, 0.15) is 37.3 Å². The minimum Gasteiger partial charge on any atom is -0.494 e. The minimum atomic E-state index is -0.888. The minimum absolute atomic E-state index is 0.195. The van der Waals surface area contributed by atoms with Crippen molar-refractivity contribution >= 4 is 0 Å². The number of aryl methyl sites for hydroxylation is 2. The van der Waals surface area contributed by atoms with E-state index in [9.17, 15) is 4.39 Å². The molecule has 4 aromatic rings. The van der Waals surface area contributed by atoms with Crippen molar-refractivity contribution in [3.63, 3.8) is 0 Å². The third kappa shape index (κ3) is 7.32. The highest BCUT2D eigenvalue weighted by molar-refractivity contribution is 5.72. The van der Waals surface area contributed by atoms with Crippen LogP contribution in [-0.4, -0.2) is 13.2 Å². The van der Waals surface area contributed by atoms with E-state index >= 15 is 8.78 Å². The molecular formula is C34H33F3O2. The SMILES string of the molecule is C=CCCOc1ccc(CCc2ccc(-c3ccc(-c4ccc(OCCCC)cc4)c(F)c3F)cc2)c(F)c1. The summed E-state index contributed by atoms with van der Waals surface area (Å²) < 4.78 is 55.8. The Kier molecular flexibility index (Phi) is 9.85. The fourth-order valence-electron chi connectivity index (χ4n) is 4.27. The first-order valence-electron chi connectivity index (χ1n) is 13.3. The van der Waals surface area contributed by atoms with Crippen molar-refractivity contribution in [3.8, 4) is 33.8 Å². The number of rotatable bonds is 13. The van der Waals surface area contributed by atoms with Crippen molar-refractivity contribution in [2.75, 3.05) is 13.2 Å². The van der Waals surface area contributed by atoms with Crippen molar-refractivity contribution in [1.82, 2.24) is 0 Å². The molecule has 4 aromatic carbocycles. The predicted octanol–water partition coefficient (Wildman–Crippen LogP) is 9.36. The summed E-state index contributed by atoms with van der Waals surface area (Å²) in [6.07, 6.45) is 5.58. The van der Waals surface area contributed by atoms with Gasteiger partial charge in [-0.15, -0.1) is 6.58 Å². The molecular weight excluding hydrogens is 497 g/mol. The van der Waals surface area contributed by atoms with E-state index in [4.69, 9.17) is 9.47 Å². The van der Waals surface area contributed by atoms with E-state index < -0.39 is 11.6 Å². The van der Waals surface area contributed by atoms with Crippen LogP contribution in [0.25, 0.3) is 22.3 Å². The molecule has 0 fully saturated rings. The summed E-state index contributed by atoms with van der Waals surface area (Å²) in [6.45, 7) is 6.82. The number of benzene rings is 4. The normalized spacial score (nSPS) is 10.9. The second-order valence-electron chi connectivity index (χ2n) is 9.39. The Morgan fingerprint density at radius 1 is 0.692 bits per heavy atom. The van der Waals surface area contributed by atoms with Gasteiger partial charge in [0.1, 0.15) is 17.3 Å². The van der Waals surface area contributed by atoms with E-state index in [1.165, 1.54) is 6.07 Å². The quantitative estimate of drug-likeness (QED) is 0.127. The zero-order chi connectivity index (χ0) is 27.6. The predicted molar refractivity (Wildman–Crippen MR) is 152 cm³/mol. The van der Waals surface area contributed by atoms with Crippen molar-refractivity contribution in [2.24, 2.45) is 0 Å². The van der Waals surface area contributed by atoms with Crippen LogP contribution in [0.15, 0.2) is 91.5 Å². The molecule has 39 heavy (non-hydrogen) atoms. The van der Waals surface area contributed by atoms with Gasteiger partial charge in [0.05, 0.1) is 13.2 Å². The van der Waals surface area contributed by atoms with Gasteiger partial charge >= 0.3 is 0 Å². The fourth-order valence-corrected chi connectivity index (χ4v) is 4.27. The molecule has 0 saturated carbocycles. The van der Waals surface area contributed by atoms with Crippen LogP contribution in [0, 0.1) is 17.5 Å². The highest BCUT2D eigenvalue weighted by Crippen LogP contribution is 2.32. The Hall–Kier alpha value is -3.99. The van der Waals surface area contributed by atoms with Gasteiger partial charge in [0.15, 0.2) is 11.6 Å². The van der Waals surface area contributed by atoms with Gasteiger partial charge in [-0.2, -0.15) is 0 Å². The average Bonchev–Trinajstić information content (AvgIpc) is 2.95. The monoisotopic (exact) mass is 530 g/mol. The van der Waals surface area contributed by atoms with Gasteiger partial charge in [0, 0.05) is 17.2 Å². The van der Waals surface area contributed by atoms with Gasteiger partial charge in [0.25, 0.3) is 0 Å². The molecule has 0 aliphatic rings. The first-order chi connectivity index (χ1) is 19.0. The zero-order valence-corrected chi connectivity index (χ0v) is 22.2. The molecule has 0 bridgehead atoms. The van der Waals surface area contributed by atoms with Gasteiger partial charge in [-0.3, -0.25) is 0 Å². The maximum absolute atomic E-state index is 15.1. The highest BCUT2D eigenvalue weighted by atomic mass is 19.2. The van der Waals surface area contributed by atoms with Crippen molar-refractivity contribution in [3.05, 3.63) is 120 Å². The Labute approximate surface area is 228 Å². The molecule has 0 aliphatic heterocycles. The maximum atomic E-state index is 15.1. The van der Waals surface area contributed by atoms with Crippen LogP contribution in [-0.2, 0) is 12.8 Å². The van der Waals surface area contributed by atoms with Crippen LogP contribution in [0.4, 0.5) is 13.2 Å². The van der Waals surface area contributed by atoms with E-state index in [1.54, 1.807) is 66.7 Å². The van der Waals surface area contributed by atoms with Gasteiger partial charge in [-0.05, 0) is 66.1 Å². The van der Waals surface area contributed by atoms with Crippen LogP contribution < -0.4 is 9.47 Å². The molecule has 0 aliphatic carbocycles. The lowest BCUT2D eigenvalue weighted by molar-refractivity contribution is 0.309. The summed E-state index contributed by atoms with van der Waals surface area (Å²) in [5, 5.41) is 0. The second kappa shape index (κ2) is 13.7. The van der Waals surface area contributed by atoms with E-state index in [1.807, 2.05) is 12.1 Å². The Bertz CT molecular complexity index is 1380. The van der Waals surface area contributed by atoms with Crippen molar-refractivity contribution in [2.45, 2.75) is 39.0 Å². The Morgan fingerprint density at radius 2 is 1.28 bits per heavy atom. The van der Waals surface area contributed by atoms with E-state index in [0.29, 0.717) is 60.7 Å². The topological polar surface area (TPSA) is 18.5 Å². The molecule has 0 heterocycles. The molecule has 5 heteroatoms. The van der Waals surface area contributed by atoms with Crippen LogP contribution in [0.2, 0.25) is 0 Å². The van der Waals surface area contributed by atoms with Crippen LogP contribution >= 0.6 is 0 Å². The third-order valence-electron chi connectivity index (χ3n) is 6.58. The smallest absolute Gasteiger partial charge is 0.167 e. The molecule has 2 nitrogen and oxygen atoms in total. The summed E-state index contributed by atoms with van der Waals surface area (Å²) in [6, 6.07) is 22.4. The van der Waals surface area contributed by atoms with E-state index in [-0.39, 0.29) is 16.9 Å². The largest absolute Gasteiger partial charge is 0.494 e. The van der Waals surface area contributed by atoms with Gasteiger partial charge < -0.3 is 9.47 Å². The standard InChI is InChI=1S/C34H33F3O2/c1-3-5-21-38-28-16-13-26(14-17-28)31-20-19-30(33(36)34(31)37)25-10-7-24(8-11-25)9-12-27-15-18-29(23-32(27)35)39-22-6-4-2/h4,7-8,10-11,13-20,23H,2-3,5-6,9,12,21-22H2,1H3. The number of ether oxygens (including phenoxy) is 2. The molecule has 202 valence electrons. The summed E-state index contributed by atoms with van der Waals surface area (Å²) in [5.74, 6) is -0.877. The van der Waals surface area contributed by atoms with Crippen LogP contribution in [0.5, 0.6) is 11.5 Å². The first kappa shape index (κ1) is 28.0. The summed E-state index contributed by atoms with van der Waals surface area (Å²) in [7, 11) is 0. The molecule has 0 unspecified atom stereocenters. The van der Waals surface area contributed by atoms with E-state index in [0.717, 1.165) is 18.4 Å². The zero-order valence-electron chi connectivity index (χ0n) is 22.2. The molecule has 0 amide bonds. The molecule has 0 atom stereocenters. The first-order valence-corrected chi connectivity index (χ1v) is 13.3. The lowest BCUT2D eigenvalue weighted by Gasteiger charge is -2.11. The lowest BCUT2D eigenvalue weighted by atomic mass is 9.97. The Balaban J connectivity index is 1.41. The highest BCUT2D eigenvalue weighted by Gasteiger charge is 2.16. The van der Waals surface area contributed by atoms with E-state index in [2.05, 4.69) is 13.5 Å². The number of unbranched alkanes of at least 4 members (excludes halogenated alkanes) is 1. The lowest BCUT2D eigenvalue weighted by Crippen LogP contribution is -1.99. The van der Waals surface area contributed by atoms with Crippen molar-refractivity contribution in [1.29, 1.82) is 0 Å². The summed E-state index contributed by atoms with van der Waals surface area (Å²) in [5.41, 5.74) is 3.13. The van der Waals surface area contributed by atoms with Gasteiger partial charge in [-0.25, -0.2) is 13.2 Å². The second-order valence-corrected chi connectivity index (χ2v) is 9.39. The van der Waals surface area contributed by atoms with Gasteiger partial charge in [0.2, 0.25) is 0 Å². The molecule has 4 rings (SSSR count). The summed E-state index contributed by atoms with van der Waals surface area (Å²) >= 11 is 0. The molecule has 0 radical (unpaired) electrons. The van der Waals surface area contributed by atoms with Crippen molar-refractivity contribution < 1.29 is 22.6 Å². The number of halogens is 3. The Morgan fingerprint density at radius 3 is 1.87 bits per heavy atom. The summed E-state index contributed by atoms with van der Waals surface area (Å²) in [4.78, 5) is 0. The number of hydrogen-bond acceptors (Lipinski definition) is 2. The molecule has 0 aromatic heterocycles. The number of hydrogen-bond donors (Lipinski definition) is 0. The van der Waals surface area contributed by atoms with Gasteiger partial charge in [-0.1, -0.05) is 74.0 Å². The third-order valence-corrected chi connectivity index (χ3v) is 6.58. The maximum Gasteiger partial charge on any atom is 0.167 e. The molecule has 0 spiro atoms.